The molecule has 3 heteroatoms. The molecule has 0 aliphatic carbocycles. The molecule has 0 saturated heterocycles. The highest BCUT2D eigenvalue weighted by atomic mass is 16.3. The van der Waals surface area contributed by atoms with Gasteiger partial charge >= 0.3 is 0 Å². The van der Waals surface area contributed by atoms with E-state index in [0.29, 0.717) is 6.42 Å². The van der Waals surface area contributed by atoms with E-state index < -0.39 is 5.54 Å². The molecule has 1 amide bonds. The molecule has 0 saturated carbocycles. The van der Waals surface area contributed by atoms with Crippen molar-refractivity contribution < 1.29 is 9.90 Å². The molecule has 1 rings (SSSR count). The second-order valence-corrected chi connectivity index (χ2v) is 4.61. The van der Waals surface area contributed by atoms with Crippen molar-refractivity contribution in [3.63, 3.8) is 0 Å². The first-order chi connectivity index (χ1) is 8.03. The highest BCUT2D eigenvalue weighted by molar-refractivity contribution is 5.79. The summed E-state index contributed by atoms with van der Waals surface area (Å²) in [6.45, 7) is 3.50. The van der Waals surface area contributed by atoms with E-state index in [2.05, 4.69) is 5.32 Å². The maximum absolute atomic E-state index is 11.5. The van der Waals surface area contributed by atoms with Crippen LogP contribution in [0, 0.1) is 0 Å². The van der Waals surface area contributed by atoms with Gasteiger partial charge in [0.25, 0.3) is 0 Å². The summed E-state index contributed by atoms with van der Waals surface area (Å²) < 4.78 is 0. The first kappa shape index (κ1) is 13.5. The zero-order chi connectivity index (χ0) is 12.7. The molecule has 1 aromatic rings. The zero-order valence-electron chi connectivity index (χ0n) is 10.3. The van der Waals surface area contributed by atoms with Crippen LogP contribution in [-0.2, 0) is 4.79 Å². The lowest BCUT2D eigenvalue weighted by atomic mass is 10.1. The van der Waals surface area contributed by atoms with Crippen LogP contribution in [0.4, 0.5) is 0 Å². The van der Waals surface area contributed by atoms with Gasteiger partial charge in [-0.25, -0.2) is 0 Å². The largest absolute Gasteiger partial charge is 0.394 e. The molecule has 2 N–H and O–H groups in total. The van der Waals surface area contributed by atoms with E-state index in [1.807, 2.05) is 42.5 Å². The van der Waals surface area contributed by atoms with E-state index in [4.69, 9.17) is 5.11 Å². The predicted molar refractivity (Wildman–Crippen MR) is 69.4 cm³/mol. The van der Waals surface area contributed by atoms with Gasteiger partial charge in [0.15, 0.2) is 0 Å². The number of hydrogen-bond donors (Lipinski definition) is 2. The Kier molecular flexibility index (Phi) is 4.91. The minimum atomic E-state index is -0.558. The zero-order valence-corrected chi connectivity index (χ0v) is 10.3. The van der Waals surface area contributed by atoms with Gasteiger partial charge in [-0.15, -0.1) is 0 Å². The second-order valence-electron chi connectivity index (χ2n) is 4.61. The first-order valence-electron chi connectivity index (χ1n) is 5.67. The summed E-state index contributed by atoms with van der Waals surface area (Å²) in [6.07, 6.45) is 4.04. The summed E-state index contributed by atoms with van der Waals surface area (Å²) in [5.74, 6) is -0.0868. The van der Waals surface area contributed by atoms with Crippen molar-refractivity contribution in [2.45, 2.75) is 25.8 Å². The van der Waals surface area contributed by atoms with E-state index in [-0.39, 0.29) is 12.5 Å². The van der Waals surface area contributed by atoms with Gasteiger partial charge in [-0.05, 0) is 19.4 Å². The Bertz CT molecular complexity index is 382. The smallest absolute Gasteiger partial charge is 0.224 e. The number of carbonyl (C=O) groups is 1. The van der Waals surface area contributed by atoms with Crippen LogP contribution in [0.1, 0.15) is 25.8 Å². The molecule has 0 radical (unpaired) electrons. The summed E-state index contributed by atoms with van der Waals surface area (Å²) in [5, 5.41) is 11.8. The summed E-state index contributed by atoms with van der Waals surface area (Å²) in [5.41, 5.74) is 0.513. The van der Waals surface area contributed by atoms with Gasteiger partial charge in [0, 0.05) is 6.42 Å². The fourth-order valence-electron chi connectivity index (χ4n) is 1.33. The number of aliphatic hydroxyl groups is 1. The first-order valence-corrected chi connectivity index (χ1v) is 5.67. The molecule has 0 fully saturated rings. The number of aliphatic hydroxyl groups excluding tert-OH is 1. The average Bonchev–Trinajstić information content (AvgIpc) is 2.30. The topological polar surface area (TPSA) is 49.3 Å². The molecule has 0 heterocycles. The number of nitrogens with one attached hydrogen (secondary N) is 1. The Hall–Kier alpha value is -1.61. The van der Waals surface area contributed by atoms with Crippen LogP contribution in [0.5, 0.6) is 0 Å². The lowest BCUT2D eigenvalue weighted by molar-refractivity contribution is -0.122. The van der Waals surface area contributed by atoms with Crippen LogP contribution in [0.15, 0.2) is 36.4 Å². The van der Waals surface area contributed by atoms with Crippen molar-refractivity contribution in [1.29, 1.82) is 0 Å². The SMILES string of the molecule is CC(C)(CO)NC(=O)C/C=C/c1ccccc1. The number of hydrogen-bond acceptors (Lipinski definition) is 2. The molecule has 0 atom stereocenters. The summed E-state index contributed by atoms with van der Waals surface area (Å²) >= 11 is 0. The molecule has 3 nitrogen and oxygen atoms in total. The van der Waals surface area contributed by atoms with E-state index >= 15 is 0 Å². The molecule has 92 valence electrons. The highest BCUT2D eigenvalue weighted by Gasteiger charge is 2.17. The fraction of sp³-hybridized carbons (Fsp3) is 0.357. The molecular weight excluding hydrogens is 214 g/mol. The van der Waals surface area contributed by atoms with Crippen molar-refractivity contribution >= 4 is 12.0 Å². The maximum atomic E-state index is 11.5. The summed E-state index contributed by atoms with van der Waals surface area (Å²) in [4.78, 5) is 11.5. The van der Waals surface area contributed by atoms with Crippen LogP contribution in [-0.4, -0.2) is 23.2 Å². The molecule has 0 spiro atoms. The monoisotopic (exact) mass is 233 g/mol. The van der Waals surface area contributed by atoms with Crippen molar-refractivity contribution in [2.75, 3.05) is 6.61 Å². The van der Waals surface area contributed by atoms with E-state index in [1.165, 1.54) is 0 Å². The van der Waals surface area contributed by atoms with Crippen molar-refractivity contribution in [2.24, 2.45) is 0 Å². The van der Waals surface area contributed by atoms with Gasteiger partial charge < -0.3 is 10.4 Å². The Morgan fingerprint density at radius 3 is 2.59 bits per heavy atom. The summed E-state index contributed by atoms with van der Waals surface area (Å²) in [7, 11) is 0. The molecule has 0 aliphatic heterocycles. The predicted octanol–water partition coefficient (Wildman–Crippen LogP) is 1.98. The van der Waals surface area contributed by atoms with Crippen LogP contribution >= 0.6 is 0 Å². The van der Waals surface area contributed by atoms with Gasteiger partial charge in [-0.3, -0.25) is 4.79 Å². The van der Waals surface area contributed by atoms with Crippen molar-refractivity contribution in [1.82, 2.24) is 5.32 Å². The fourth-order valence-corrected chi connectivity index (χ4v) is 1.33. The number of carbonyl (C=O) groups excluding carboxylic acids is 1. The average molecular weight is 233 g/mol. The van der Waals surface area contributed by atoms with Crippen LogP contribution in [0.2, 0.25) is 0 Å². The molecule has 0 bridgehead atoms. The normalized spacial score (nSPS) is 11.7. The Morgan fingerprint density at radius 2 is 2.00 bits per heavy atom. The second kappa shape index (κ2) is 6.21. The van der Waals surface area contributed by atoms with Crippen molar-refractivity contribution in [3.8, 4) is 0 Å². The van der Waals surface area contributed by atoms with E-state index in [9.17, 15) is 4.79 Å². The summed E-state index contributed by atoms with van der Waals surface area (Å²) in [6, 6.07) is 9.81. The van der Waals surface area contributed by atoms with Crippen LogP contribution in [0.3, 0.4) is 0 Å². The molecule has 0 aromatic heterocycles. The number of benzene rings is 1. The van der Waals surface area contributed by atoms with Gasteiger partial charge in [0.2, 0.25) is 5.91 Å². The molecule has 1 aromatic carbocycles. The van der Waals surface area contributed by atoms with Gasteiger partial charge in [-0.1, -0.05) is 42.5 Å². The lowest BCUT2D eigenvalue weighted by Gasteiger charge is -2.22. The van der Waals surface area contributed by atoms with E-state index in [1.54, 1.807) is 13.8 Å². The Morgan fingerprint density at radius 1 is 1.35 bits per heavy atom. The Labute approximate surface area is 102 Å². The standard InChI is InChI=1S/C14H19NO2/c1-14(2,11-16)15-13(17)10-6-9-12-7-4-3-5-8-12/h3-9,16H,10-11H2,1-2H3,(H,15,17)/b9-6+. The molecule has 0 aliphatic rings. The van der Waals surface area contributed by atoms with Crippen LogP contribution < -0.4 is 5.32 Å². The highest BCUT2D eigenvalue weighted by Crippen LogP contribution is 2.03. The quantitative estimate of drug-likeness (QED) is 0.817. The van der Waals surface area contributed by atoms with E-state index in [0.717, 1.165) is 5.56 Å². The van der Waals surface area contributed by atoms with Crippen molar-refractivity contribution in [3.05, 3.63) is 42.0 Å². The third-order valence-electron chi connectivity index (χ3n) is 2.29. The Balaban J connectivity index is 2.41. The number of amides is 1. The third-order valence-corrected chi connectivity index (χ3v) is 2.29. The third kappa shape index (κ3) is 5.31. The minimum Gasteiger partial charge on any atom is -0.394 e. The minimum absolute atomic E-state index is 0.0683. The van der Waals surface area contributed by atoms with Gasteiger partial charge in [0.05, 0.1) is 12.1 Å². The van der Waals surface area contributed by atoms with Gasteiger partial charge in [-0.2, -0.15) is 0 Å². The molecular formula is C14H19NO2. The molecule has 0 unspecified atom stereocenters. The van der Waals surface area contributed by atoms with Gasteiger partial charge in [0.1, 0.15) is 0 Å². The number of rotatable bonds is 5. The lowest BCUT2D eigenvalue weighted by Crippen LogP contribution is -2.46. The molecule has 17 heavy (non-hydrogen) atoms. The maximum Gasteiger partial charge on any atom is 0.224 e. The van der Waals surface area contributed by atoms with Crippen LogP contribution in [0.25, 0.3) is 6.08 Å².